The van der Waals surface area contributed by atoms with Crippen molar-refractivity contribution < 1.29 is 19.4 Å². The molecule has 10 heteroatoms. The Morgan fingerprint density at radius 1 is 0.978 bits per heavy atom. The van der Waals surface area contributed by atoms with E-state index >= 15 is 0 Å². The van der Waals surface area contributed by atoms with Gasteiger partial charge in [0.2, 0.25) is 0 Å². The number of nitrogens with zero attached hydrogens (tertiary/aromatic N) is 2. The van der Waals surface area contributed by atoms with Crippen LogP contribution in [0.4, 0.5) is 4.79 Å². The maximum absolute atomic E-state index is 13.4. The van der Waals surface area contributed by atoms with Crippen LogP contribution in [-0.4, -0.2) is 56.5 Å². The molecule has 1 aromatic carbocycles. The van der Waals surface area contributed by atoms with Gasteiger partial charge in [-0.1, -0.05) is 44.2 Å². The summed E-state index contributed by atoms with van der Waals surface area (Å²) in [5.74, 6) is -0.797. The van der Waals surface area contributed by atoms with Crippen LogP contribution < -0.4 is 0 Å². The zero-order chi connectivity index (χ0) is 32.5. The third-order valence-electron chi connectivity index (χ3n) is 8.33. The Bertz CT molecular complexity index is 1880. The Hall–Kier alpha value is -3.86. The van der Waals surface area contributed by atoms with Gasteiger partial charge in [-0.05, 0) is 80.6 Å². The van der Waals surface area contributed by atoms with Gasteiger partial charge in [0.05, 0.1) is 33.5 Å². The number of aliphatic carboxylic acids is 1. The largest absolute Gasteiger partial charge is 0.480 e. The number of carbonyl (C=O) groups is 2. The minimum atomic E-state index is -1.05. The van der Waals surface area contributed by atoms with Gasteiger partial charge >= 0.3 is 12.1 Å². The third kappa shape index (κ3) is 5.89. The maximum Gasteiger partial charge on any atom is 0.411 e. The number of carboxylic acids is 1. The Kier molecular flexibility index (Phi) is 9.40. The molecule has 0 aliphatic carbocycles. The van der Waals surface area contributed by atoms with Crippen LogP contribution in [0.3, 0.4) is 0 Å². The SMILES string of the molecule is CCOC(=O)N1C(C(=O)O)CSC1C1=C(C)C(c2ccc(CC)s2)=N/C1=C(\c1ccccc1)c1cc(C)c(-c2ccc(CC)s2)[nH]1. The minimum absolute atomic E-state index is 0.152. The molecule has 7 nitrogen and oxygen atoms in total. The maximum atomic E-state index is 13.4. The molecule has 46 heavy (non-hydrogen) atoms. The molecule has 2 aliphatic rings. The molecule has 4 aromatic rings. The van der Waals surface area contributed by atoms with Crippen LogP contribution >= 0.6 is 34.4 Å². The van der Waals surface area contributed by atoms with E-state index in [4.69, 9.17) is 9.73 Å². The summed E-state index contributed by atoms with van der Waals surface area (Å²) in [6.07, 6.45) is 1.27. The van der Waals surface area contributed by atoms with Gasteiger partial charge in [0.25, 0.3) is 0 Å². The quantitative estimate of drug-likeness (QED) is 0.186. The number of nitrogens with one attached hydrogen (secondary N) is 1. The van der Waals surface area contributed by atoms with Crippen molar-refractivity contribution in [2.45, 2.75) is 58.9 Å². The molecule has 1 saturated heterocycles. The molecule has 1 amide bonds. The average molecular weight is 672 g/mol. The number of aliphatic imine (C=N–C) groups is 1. The van der Waals surface area contributed by atoms with Crippen LogP contribution in [0.1, 0.15) is 59.1 Å². The van der Waals surface area contributed by atoms with Crippen LogP contribution in [0.2, 0.25) is 0 Å². The lowest BCUT2D eigenvalue weighted by molar-refractivity contribution is -0.141. The normalized spacial score (nSPS) is 19.2. The molecule has 2 atom stereocenters. The number of hydrogen-bond acceptors (Lipinski definition) is 7. The van der Waals surface area contributed by atoms with E-state index in [0.29, 0.717) is 0 Å². The second-order valence-corrected chi connectivity index (χ2v) is 14.7. The number of carbonyl (C=O) groups excluding carboxylic acids is 1. The highest BCUT2D eigenvalue weighted by Crippen LogP contribution is 2.47. The molecule has 0 saturated carbocycles. The van der Waals surface area contributed by atoms with E-state index in [0.717, 1.165) is 68.4 Å². The molecule has 6 rings (SSSR count). The Labute approximate surface area is 281 Å². The van der Waals surface area contributed by atoms with E-state index in [1.165, 1.54) is 31.3 Å². The third-order valence-corrected chi connectivity index (χ3v) is 12.1. The number of aromatic nitrogens is 1. The number of aromatic amines is 1. The number of amides is 1. The van der Waals surface area contributed by atoms with Gasteiger partial charge < -0.3 is 14.8 Å². The summed E-state index contributed by atoms with van der Waals surface area (Å²) in [6.45, 7) is 10.3. The van der Waals surface area contributed by atoms with E-state index in [-0.39, 0.29) is 12.4 Å². The molecular weight excluding hydrogens is 635 g/mol. The van der Waals surface area contributed by atoms with E-state index in [9.17, 15) is 14.7 Å². The lowest BCUT2D eigenvalue weighted by atomic mass is 9.95. The van der Waals surface area contributed by atoms with Gasteiger partial charge in [0, 0.05) is 32.3 Å². The van der Waals surface area contributed by atoms with Gasteiger partial charge in [-0.3, -0.25) is 4.90 Å². The number of thiophene rings is 2. The second-order valence-electron chi connectivity index (χ2n) is 11.2. The molecular formula is C36H37N3O4S3. The summed E-state index contributed by atoms with van der Waals surface area (Å²) in [4.78, 5) is 41.2. The number of thioether (sulfide) groups is 1. The molecule has 5 heterocycles. The van der Waals surface area contributed by atoms with Crippen LogP contribution in [-0.2, 0) is 22.4 Å². The molecule has 3 aromatic heterocycles. The number of ether oxygens (including phenoxy) is 1. The van der Waals surface area contributed by atoms with E-state index in [2.05, 4.69) is 68.2 Å². The number of aryl methyl sites for hydroxylation is 3. The highest BCUT2D eigenvalue weighted by molar-refractivity contribution is 8.00. The first-order valence-corrected chi connectivity index (χ1v) is 18.2. The van der Waals surface area contributed by atoms with Crippen molar-refractivity contribution in [2.75, 3.05) is 12.4 Å². The fourth-order valence-corrected chi connectivity index (χ4v) is 9.53. The zero-order valence-electron chi connectivity index (χ0n) is 26.5. The summed E-state index contributed by atoms with van der Waals surface area (Å²) < 4.78 is 5.44. The number of carboxylic acid groups (broad SMARTS) is 1. The molecule has 0 spiro atoms. The van der Waals surface area contributed by atoms with Crippen LogP contribution in [0, 0.1) is 6.92 Å². The summed E-state index contributed by atoms with van der Waals surface area (Å²) >= 11 is 4.95. The fraction of sp³-hybridized carbons (Fsp3) is 0.306. The van der Waals surface area contributed by atoms with Crippen LogP contribution in [0.15, 0.2) is 82.5 Å². The van der Waals surface area contributed by atoms with E-state index in [1.54, 1.807) is 29.6 Å². The van der Waals surface area contributed by atoms with Crippen LogP contribution in [0.5, 0.6) is 0 Å². The highest BCUT2D eigenvalue weighted by Gasteiger charge is 2.47. The highest BCUT2D eigenvalue weighted by atomic mass is 32.2. The Morgan fingerprint density at radius 2 is 1.65 bits per heavy atom. The minimum Gasteiger partial charge on any atom is -0.480 e. The van der Waals surface area contributed by atoms with Gasteiger partial charge in [-0.25, -0.2) is 14.6 Å². The monoisotopic (exact) mass is 671 g/mol. The summed E-state index contributed by atoms with van der Waals surface area (Å²) in [5, 5.41) is 9.56. The molecule has 2 N–H and O–H groups in total. The van der Waals surface area contributed by atoms with Crippen molar-refractivity contribution in [3.8, 4) is 10.6 Å². The van der Waals surface area contributed by atoms with Crippen molar-refractivity contribution in [1.29, 1.82) is 0 Å². The van der Waals surface area contributed by atoms with Gasteiger partial charge in [0.15, 0.2) is 0 Å². The number of rotatable bonds is 9. The summed E-state index contributed by atoms with van der Waals surface area (Å²) in [5.41, 5.74) is 8.33. The van der Waals surface area contributed by atoms with E-state index < -0.39 is 23.5 Å². The molecule has 0 bridgehead atoms. The number of allylic oxidation sites excluding steroid dienone is 1. The smallest absolute Gasteiger partial charge is 0.411 e. The molecule has 0 radical (unpaired) electrons. The topological polar surface area (TPSA) is 95.0 Å². The first-order chi connectivity index (χ1) is 22.2. The van der Waals surface area contributed by atoms with Crippen molar-refractivity contribution >= 4 is 57.8 Å². The molecule has 238 valence electrons. The number of benzene rings is 1. The van der Waals surface area contributed by atoms with E-state index in [1.807, 2.05) is 25.1 Å². The fourth-order valence-electron chi connectivity index (χ4n) is 6.00. The van der Waals surface area contributed by atoms with Gasteiger partial charge in [-0.15, -0.1) is 34.4 Å². The van der Waals surface area contributed by atoms with Gasteiger partial charge in [-0.2, -0.15) is 0 Å². The molecule has 2 unspecified atom stereocenters. The second kappa shape index (κ2) is 13.5. The predicted octanol–water partition coefficient (Wildman–Crippen LogP) is 8.80. The molecule has 1 fully saturated rings. The van der Waals surface area contributed by atoms with Gasteiger partial charge in [0.1, 0.15) is 11.4 Å². The van der Waals surface area contributed by atoms with Crippen molar-refractivity contribution in [2.24, 2.45) is 4.99 Å². The lowest BCUT2D eigenvalue weighted by Crippen LogP contribution is -2.46. The van der Waals surface area contributed by atoms with Crippen LogP contribution in [0.25, 0.3) is 16.1 Å². The molecule has 2 aliphatic heterocycles. The summed E-state index contributed by atoms with van der Waals surface area (Å²) in [7, 11) is 0. The predicted molar refractivity (Wildman–Crippen MR) is 190 cm³/mol. The van der Waals surface area contributed by atoms with Crippen molar-refractivity contribution in [1.82, 2.24) is 9.88 Å². The first-order valence-electron chi connectivity index (χ1n) is 15.5. The standard InChI is InChI=1S/C36H37N3O4S3/c1-6-23-14-16-27(45-23)31-20(4)18-25(37-31)30(22-12-10-9-11-13-22)33-29(21(5)32(38-33)28-17-15-24(7-2)46-28)34-39(36(42)43-8-3)26(19-44-34)35(40)41/h9-18,26,34,37H,6-8,19H2,1-5H3,(H,40,41)/b33-30+. The lowest BCUT2D eigenvalue weighted by Gasteiger charge is -2.28. The summed E-state index contributed by atoms with van der Waals surface area (Å²) in [6, 6.07) is 19.9. The van der Waals surface area contributed by atoms with Crippen molar-refractivity contribution in [3.05, 3.63) is 109 Å². The zero-order valence-corrected chi connectivity index (χ0v) is 29.0. The number of H-pyrrole nitrogens is 1. The average Bonchev–Trinajstić information content (AvgIpc) is 3.88. The number of hydrogen-bond donors (Lipinski definition) is 2. The van der Waals surface area contributed by atoms with Crippen molar-refractivity contribution in [3.63, 3.8) is 0 Å². The Morgan fingerprint density at radius 3 is 2.28 bits per heavy atom. The first kappa shape index (κ1) is 32.1. The Balaban J connectivity index is 1.61.